The van der Waals surface area contributed by atoms with E-state index in [2.05, 4.69) is 25.6 Å². The Kier molecular flexibility index (Phi) is 5.77. The Morgan fingerprint density at radius 3 is 2.76 bits per heavy atom. The second-order valence-corrected chi connectivity index (χ2v) is 8.17. The number of aromatic nitrogens is 3. The maximum Gasteiger partial charge on any atom is 0.274 e. The molecular weight excluding hydrogens is 440 g/mol. The van der Waals surface area contributed by atoms with Crippen molar-refractivity contribution in [2.24, 2.45) is 0 Å². The van der Waals surface area contributed by atoms with E-state index < -0.39 is 0 Å². The van der Waals surface area contributed by atoms with E-state index in [1.54, 1.807) is 41.2 Å². The molecule has 0 aliphatic carbocycles. The van der Waals surface area contributed by atoms with Crippen molar-refractivity contribution in [2.75, 3.05) is 36.4 Å². The summed E-state index contributed by atoms with van der Waals surface area (Å²) in [6, 6.07) is 14.3. The van der Waals surface area contributed by atoms with Gasteiger partial charge in [0.1, 0.15) is 12.0 Å². The number of benzene rings is 2. The maximum absolute atomic E-state index is 13.2. The molecule has 0 radical (unpaired) electrons. The molecule has 0 atom stereocenters. The summed E-state index contributed by atoms with van der Waals surface area (Å²) in [7, 11) is 0. The highest BCUT2D eigenvalue weighted by Crippen LogP contribution is 2.29. The van der Waals surface area contributed by atoms with E-state index in [9.17, 15) is 9.59 Å². The molecule has 0 unspecified atom stereocenters. The monoisotopic (exact) mass is 460 g/mol. The number of piperazine rings is 1. The first-order valence-corrected chi connectivity index (χ1v) is 11.0. The lowest BCUT2D eigenvalue weighted by Crippen LogP contribution is -2.43. The minimum atomic E-state index is -0.366. The number of aldehydes is 1. The Morgan fingerprint density at radius 1 is 1.12 bits per heavy atom. The van der Waals surface area contributed by atoms with E-state index in [-0.39, 0.29) is 11.6 Å². The van der Waals surface area contributed by atoms with E-state index in [1.165, 1.54) is 0 Å². The summed E-state index contributed by atoms with van der Waals surface area (Å²) < 4.78 is 1.62. The standard InChI is InChI=1S/C24H21ClN6O2/c25-18-3-1-2-17(13-18)19-14-27-31-9-6-20(28-23(19)31)24(33)29-21-12-16(15-32)4-5-22(21)30-10-7-26-8-11-30/h1-6,9,12-15,26H,7-8,10-11H2,(H,29,33). The minimum Gasteiger partial charge on any atom is -0.367 e. The van der Waals surface area contributed by atoms with Crippen LogP contribution in [-0.2, 0) is 0 Å². The van der Waals surface area contributed by atoms with E-state index >= 15 is 0 Å². The molecule has 0 saturated carbocycles. The summed E-state index contributed by atoms with van der Waals surface area (Å²) in [6.45, 7) is 3.34. The van der Waals surface area contributed by atoms with E-state index in [0.717, 1.165) is 49.3 Å². The van der Waals surface area contributed by atoms with E-state index in [4.69, 9.17) is 11.6 Å². The third-order valence-electron chi connectivity index (χ3n) is 5.60. The molecule has 1 saturated heterocycles. The Balaban J connectivity index is 1.48. The molecule has 2 N–H and O–H groups in total. The lowest BCUT2D eigenvalue weighted by Gasteiger charge is -2.31. The summed E-state index contributed by atoms with van der Waals surface area (Å²) in [5, 5.41) is 11.2. The highest BCUT2D eigenvalue weighted by Gasteiger charge is 2.18. The second-order valence-electron chi connectivity index (χ2n) is 7.74. The first-order chi connectivity index (χ1) is 16.1. The van der Waals surface area contributed by atoms with Gasteiger partial charge in [0.15, 0.2) is 5.65 Å². The molecule has 4 aromatic rings. The van der Waals surface area contributed by atoms with Gasteiger partial charge in [0.05, 0.1) is 17.6 Å². The van der Waals surface area contributed by atoms with Gasteiger partial charge < -0.3 is 15.5 Å². The number of carbonyl (C=O) groups excluding carboxylic acids is 2. The highest BCUT2D eigenvalue weighted by molar-refractivity contribution is 6.30. The van der Waals surface area contributed by atoms with Crippen molar-refractivity contribution in [2.45, 2.75) is 0 Å². The summed E-state index contributed by atoms with van der Waals surface area (Å²) >= 11 is 6.14. The van der Waals surface area contributed by atoms with Crippen LogP contribution in [0.5, 0.6) is 0 Å². The van der Waals surface area contributed by atoms with Crippen molar-refractivity contribution in [3.05, 3.63) is 77.2 Å². The third-order valence-corrected chi connectivity index (χ3v) is 5.84. The normalized spacial score (nSPS) is 13.8. The second kappa shape index (κ2) is 9.01. The van der Waals surface area contributed by atoms with E-state index in [1.807, 2.05) is 24.3 Å². The van der Waals surface area contributed by atoms with Crippen molar-refractivity contribution in [1.29, 1.82) is 0 Å². The zero-order chi connectivity index (χ0) is 22.8. The molecule has 33 heavy (non-hydrogen) atoms. The molecule has 5 rings (SSSR count). The number of nitrogens with zero attached hydrogens (tertiary/aromatic N) is 4. The fourth-order valence-electron chi connectivity index (χ4n) is 3.95. The van der Waals surface area contributed by atoms with Crippen LogP contribution in [0.2, 0.25) is 5.02 Å². The molecule has 1 aliphatic heterocycles. The predicted molar refractivity (Wildman–Crippen MR) is 128 cm³/mol. The molecule has 2 aromatic heterocycles. The molecule has 166 valence electrons. The fourth-order valence-corrected chi connectivity index (χ4v) is 4.14. The van der Waals surface area contributed by atoms with Crippen molar-refractivity contribution in [1.82, 2.24) is 19.9 Å². The van der Waals surface area contributed by atoms with Gasteiger partial charge >= 0.3 is 0 Å². The van der Waals surface area contributed by atoms with Crippen molar-refractivity contribution in [3.63, 3.8) is 0 Å². The number of nitrogens with one attached hydrogen (secondary N) is 2. The average molecular weight is 461 g/mol. The number of hydrogen-bond acceptors (Lipinski definition) is 6. The zero-order valence-electron chi connectivity index (χ0n) is 17.7. The summed E-state index contributed by atoms with van der Waals surface area (Å²) in [4.78, 5) is 31.3. The molecule has 1 aliphatic rings. The topological polar surface area (TPSA) is 91.6 Å². The molecular formula is C24H21ClN6O2. The molecule has 9 heteroatoms. The largest absolute Gasteiger partial charge is 0.367 e. The van der Waals surface area contributed by atoms with Crippen LogP contribution in [0, 0.1) is 0 Å². The van der Waals surface area contributed by atoms with Gasteiger partial charge in [0.25, 0.3) is 5.91 Å². The minimum absolute atomic E-state index is 0.244. The molecule has 1 fully saturated rings. The summed E-state index contributed by atoms with van der Waals surface area (Å²) in [6.07, 6.45) is 4.17. The smallest absolute Gasteiger partial charge is 0.274 e. The number of anilines is 2. The highest BCUT2D eigenvalue weighted by atomic mass is 35.5. The van der Waals surface area contributed by atoms with Crippen LogP contribution in [0.15, 0.2) is 60.9 Å². The Morgan fingerprint density at radius 2 is 1.97 bits per heavy atom. The van der Waals surface area contributed by atoms with Gasteiger partial charge in [0.2, 0.25) is 0 Å². The van der Waals surface area contributed by atoms with Gasteiger partial charge in [-0.25, -0.2) is 9.50 Å². The fraction of sp³-hybridized carbons (Fsp3) is 0.167. The first kappa shape index (κ1) is 21.1. The van der Waals surface area contributed by atoms with Crippen molar-refractivity contribution >= 4 is 40.8 Å². The summed E-state index contributed by atoms with van der Waals surface area (Å²) in [5.41, 5.74) is 4.38. The lowest BCUT2D eigenvalue weighted by atomic mass is 10.1. The van der Waals surface area contributed by atoms with Gasteiger partial charge in [-0.1, -0.05) is 23.7 Å². The Hall–Kier alpha value is -3.75. The van der Waals surface area contributed by atoms with Gasteiger partial charge in [-0.3, -0.25) is 9.59 Å². The van der Waals surface area contributed by atoms with Gasteiger partial charge in [-0.05, 0) is 42.0 Å². The third kappa shape index (κ3) is 4.30. The summed E-state index contributed by atoms with van der Waals surface area (Å²) in [5.74, 6) is -0.366. The number of amides is 1. The van der Waals surface area contributed by atoms with Crippen molar-refractivity contribution in [3.8, 4) is 11.1 Å². The van der Waals surface area contributed by atoms with Crippen LogP contribution in [0.4, 0.5) is 11.4 Å². The zero-order valence-corrected chi connectivity index (χ0v) is 18.4. The molecule has 0 bridgehead atoms. The van der Waals surface area contributed by atoms with E-state index in [0.29, 0.717) is 21.9 Å². The number of halogens is 1. The van der Waals surface area contributed by atoms with Crippen LogP contribution in [-0.4, -0.2) is 53.0 Å². The van der Waals surface area contributed by atoms with Crippen LogP contribution in [0.25, 0.3) is 16.8 Å². The van der Waals surface area contributed by atoms with Crippen LogP contribution in [0.1, 0.15) is 20.8 Å². The molecule has 2 aromatic carbocycles. The van der Waals surface area contributed by atoms with Gasteiger partial charge in [-0.2, -0.15) is 5.10 Å². The number of hydrogen-bond donors (Lipinski definition) is 2. The predicted octanol–water partition coefficient (Wildman–Crippen LogP) is 3.52. The maximum atomic E-state index is 13.2. The first-order valence-electron chi connectivity index (χ1n) is 10.6. The van der Waals surface area contributed by atoms with Crippen LogP contribution >= 0.6 is 11.6 Å². The van der Waals surface area contributed by atoms with Crippen molar-refractivity contribution < 1.29 is 9.59 Å². The lowest BCUT2D eigenvalue weighted by molar-refractivity contribution is 0.102. The van der Waals surface area contributed by atoms with Gasteiger partial charge in [-0.15, -0.1) is 0 Å². The quantitative estimate of drug-likeness (QED) is 0.443. The van der Waals surface area contributed by atoms with Gasteiger partial charge in [0, 0.05) is 48.5 Å². The number of carbonyl (C=O) groups is 2. The average Bonchev–Trinajstić information content (AvgIpc) is 3.28. The SMILES string of the molecule is O=Cc1ccc(N2CCNCC2)c(NC(=O)c2ccn3ncc(-c4cccc(Cl)c4)c3n2)c1. The number of rotatable bonds is 5. The molecule has 0 spiro atoms. The van der Waals surface area contributed by atoms with Crippen LogP contribution in [0.3, 0.4) is 0 Å². The Bertz CT molecular complexity index is 1350. The van der Waals surface area contributed by atoms with Crippen LogP contribution < -0.4 is 15.5 Å². The number of fused-ring (bicyclic) bond motifs is 1. The molecule has 1 amide bonds. The Labute approximate surface area is 195 Å². The molecule has 3 heterocycles. The molecule has 8 nitrogen and oxygen atoms in total.